The average molecular weight is 516 g/mol. The molecule has 186 valence electrons. The molecule has 7 nitrogen and oxygen atoms in total. The second-order valence-corrected chi connectivity index (χ2v) is 10.3. The first-order valence-corrected chi connectivity index (χ1v) is 13.0. The highest BCUT2D eigenvalue weighted by Gasteiger charge is 2.34. The summed E-state index contributed by atoms with van der Waals surface area (Å²) in [5.74, 6) is 0.116. The number of nitrogens with one attached hydrogen (secondary N) is 1. The molecule has 3 heterocycles. The Kier molecular flexibility index (Phi) is 7.21. The normalized spacial score (nSPS) is 21.9. The minimum Gasteiger partial charge on any atom is -0.394 e. The van der Waals surface area contributed by atoms with Gasteiger partial charge in [-0.1, -0.05) is 35.7 Å². The number of imidazole rings is 1. The number of aliphatic hydroxyl groups is 1. The van der Waals surface area contributed by atoms with Gasteiger partial charge in [-0.05, 0) is 62.2 Å². The first-order chi connectivity index (χ1) is 17.0. The minimum atomic E-state index is -0.229. The molecule has 0 saturated carbocycles. The molecular weight excluding hydrogens is 485 g/mol. The Labute approximate surface area is 215 Å². The lowest BCUT2D eigenvalue weighted by Crippen LogP contribution is -2.60. The lowest BCUT2D eigenvalue weighted by molar-refractivity contribution is -0.137. The Morgan fingerprint density at radius 3 is 2.80 bits per heavy atom. The van der Waals surface area contributed by atoms with Gasteiger partial charge in [0.1, 0.15) is 0 Å². The fourth-order valence-electron chi connectivity index (χ4n) is 5.31. The van der Waals surface area contributed by atoms with Crippen molar-refractivity contribution in [2.24, 2.45) is 0 Å². The fourth-order valence-corrected chi connectivity index (χ4v) is 5.88. The fraction of sp³-hybridized carbons (Fsp3) is 0.462. The number of aromatic nitrogens is 2. The summed E-state index contributed by atoms with van der Waals surface area (Å²) < 4.78 is 2.12. The zero-order valence-corrected chi connectivity index (χ0v) is 21.3. The summed E-state index contributed by atoms with van der Waals surface area (Å²) in [5.41, 5.74) is 3.94. The van der Waals surface area contributed by atoms with Crippen LogP contribution in [0.15, 0.2) is 42.7 Å². The summed E-state index contributed by atoms with van der Waals surface area (Å²) in [7, 11) is 0. The minimum absolute atomic E-state index is 0.0253. The second kappa shape index (κ2) is 10.3. The topological polar surface area (TPSA) is 73.6 Å². The lowest BCUT2D eigenvalue weighted by atomic mass is 10.0. The van der Waals surface area contributed by atoms with Crippen LogP contribution in [0, 0.1) is 0 Å². The molecule has 3 aromatic rings. The molecule has 0 spiro atoms. The molecule has 3 atom stereocenters. The maximum absolute atomic E-state index is 13.1. The van der Waals surface area contributed by atoms with Gasteiger partial charge in [0.05, 0.1) is 42.1 Å². The van der Waals surface area contributed by atoms with Crippen molar-refractivity contribution in [3.63, 3.8) is 0 Å². The molecule has 2 fully saturated rings. The van der Waals surface area contributed by atoms with E-state index >= 15 is 0 Å². The molecule has 5 rings (SSSR count). The number of hydrogen-bond donors (Lipinski definition) is 2. The number of amides is 1. The molecule has 0 radical (unpaired) electrons. The van der Waals surface area contributed by atoms with Gasteiger partial charge in [0.2, 0.25) is 5.91 Å². The van der Waals surface area contributed by atoms with Crippen LogP contribution < -0.4 is 10.2 Å². The Hall–Kier alpha value is -2.32. The number of hydrogen-bond acceptors (Lipinski definition) is 5. The zero-order chi connectivity index (χ0) is 24.5. The monoisotopic (exact) mass is 515 g/mol. The third-order valence-corrected chi connectivity index (χ3v) is 7.90. The number of rotatable bonds is 5. The summed E-state index contributed by atoms with van der Waals surface area (Å²) >= 11 is 12.6. The summed E-state index contributed by atoms with van der Waals surface area (Å²) in [5, 5.41) is 14.7. The van der Waals surface area contributed by atoms with E-state index in [1.165, 1.54) is 0 Å². The summed E-state index contributed by atoms with van der Waals surface area (Å²) in [6.45, 7) is 4.82. The molecule has 0 aliphatic carbocycles. The Morgan fingerprint density at radius 1 is 1.20 bits per heavy atom. The van der Waals surface area contributed by atoms with E-state index < -0.39 is 0 Å². The summed E-state index contributed by atoms with van der Waals surface area (Å²) in [6.07, 6.45) is 4.89. The van der Waals surface area contributed by atoms with Crippen molar-refractivity contribution >= 4 is 45.8 Å². The Bertz CT molecular complexity index is 1210. The first-order valence-electron chi connectivity index (χ1n) is 12.3. The van der Waals surface area contributed by atoms with Crippen LogP contribution in [0.25, 0.3) is 11.0 Å². The number of carbonyl (C=O) groups excluding carboxylic acids is 1. The van der Waals surface area contributed by atoms with Crippen LogP contribution in [-0.2, 0) is 4.79 Å². The molecule has 2 N–H and O–H groups in total. The number of anilines is 1. The first kappa shape index (κ1) is 24.4. The van der Waals surface area contributed by atoms with E-state index in [0.717, 1.165) is 48.1 Å². The van der Waals surface area contributed by atoms with Crippen molar-refractivity contribution in [1.82, 2.24) is 19.8 Å². The third-order valence-electron chi connectivity index (χ3n) is 7.34. The van der Waals surface area contributed by atoms with Crippen molar-refractivity contribution in [2.75, 3.05) is 37.7 Å². The molecule has 0 bridgehead atoms. The number of carbonyl (C=O) groups is 1. The Balaban J connectivity index is 1.37. The highest BCUT2D eigenvalue weighted by molar-refractivity contribution is 6.35. The van der Waals surface area contributed by atoms with Gasteiger partial charge >= 0.3 is 0 Å². The number of fused-ring (bicyclic) bond motifs is 1. The van der Waals surface area contributed by atoms with Crippen molar-refractivity contribution in [3.05, 3.63) is 58.3 Å². The molecule has 1 aromatic heterocycles. The predicted molar refractivity (Wildman–Crippen MR) is 140 cm³/mol. The van der Waals surface area contributed by atoms with Crippen molar-refractivity contribution in [2.45, 2.75) is 44.3 Å². The van der Waals surface area contributed by atoms with Crippen molar-refractivity contribution < 1.29 is 9.90 Å². The average Bonchev–Trinajstić information content (AvgIpc) is 3.31. The number of benzene rings is 2. The number of piperidine rings is 1. The highest BCUT2D eigenvalue weighted by atomic mass is 35.5. The van der Waals surface area contributed by atoms with Crippen LogP contribution in [-0.4, -0.2) is 70.3 Å². The number of aliphatic hydroxyl groups excluding tert-OH is 1. The third kappa shape index (κ3) is 4.87. The van der Waals surface area contributed by atoms with Crippen LogP contribution >= 0.6 is 23.2 Å². The van der Waals surface area contributed by atoms with Gasteiger partial charge in [-0.2, -0.15) is 0 Å². The van der Waals surface area contributed by atoms with Crippen molar-refractivity contribution in [1.29, 1.82) is 0 Å². The summed E-state index contributed by atoms with van der Waals surface area (Å²) in [6, 6.07) is 11.4. The van der Waals surface area contributed by atoms with Gasteiger partial charge in [-0.3, -0.25) is 4.79 Å². The summed E-state index contributed by atoms with van der Waals surface area (Å²) in [4.78, 5) is 21.8. The van der Waals surface area contributed by atoms with Gasteiger partial charge < -0.3 is 24.8 Å². The van der Waals surface area contributed by atoms with E-state index in [2.05, 4.69) is 38.8 Å². The number of nitrogens with zero attached hydrogens (tertiary/aromatic N) is 4. The molecule has 1 amide bonds. The molecule has 2 aliphatic heterocycles. The van der Waals surface area contributed by atoms with Crippen LogP contribution in [0.2, 0.25) is 10.0 Å². The van der Waals surface area contributed by atoms with Crippen LogP contribution in [0.3, 0.4) is 0 Å². The van der Waals surface area contributed by atoms with E-state index in [1.54, 1.807) is 6.07 Å². The van der Waals surface area contributed by atoms with E-state index in [-0.39, 0.29) is 30.6 Å². The van der Waals surface area contributed by atoms with E-state index in [1.807, 2.05) is 29.4 Å². The molecule has 2 saturated heterocycles. The smallest absolute Gasteiger partial charge is 0.240 e. The van der Waals surface area contributed by atoms with Crippen LogP contribution in [0.1, 0.15) is 37.8 Å². The van der Waals surface area contributed by atoms with E-state index in [4.69, 9.17) is 23.2 Å². The van der Waals surface area contributed by atoms with Gasteiger partial charge in [-0.25, -0.2) is 4.98 Å². The second-order valence-electron chi connectivity index (χ2n) is 9.48. The number of halogens is 2. The Morgan fingerprint density at radius 2 is 2.06 bits per heavy atom. The lowest BCUT2D eigenvalue weighted by Gasteiger charge is -2.43. The van der Waals surface area contributed by atoms with Crippen LogP contribution in [0.4, 0.5) is 5.69 Å². The standard InChI is InChI=1S/C26H31Cl2N5O2/c1-17(21-7-5-18(27)12-22(21)28)33-16-30-23-8-6-19(13-25(23)33)31-10-11-32(20(14-31)15-34)26(35)24-4-2-3-9-29-24/h5-8,12-13,16-17,20,24,29,34H,2-4,9-11,14-15H2,1H3/t17?,20-,24?/m0/s1. The molecule has 2 unspecified atom stereocenters. The quantitative estimate of drug-likeness (QED) is 0.534. The van der Waals surface area contributed by atoms with Gasteiger partial charge in [-0.15, -0.1) is 0 Å². The molecule has 9 heteroatoms. The van der Waals surface area contributed by atoms with Gasteiger partial charge in [0.25, 0.3) is 0 Å². The van der Waals surface area contributed by atoms with Gasteiger partial charge in [0.15, 0.2) is 0 Å². The van der Waals surface area contributed by atoms with E-state index in [9.17, 15) is 9.90 Å². The molecular formula is C26H31Cl2N5O2. The number of piperazine rings is 1. The van der Waals surface area contributed by atoms with Crippen molar-refractivity contribution in [3.8, 4) is 0 Å². The molecule has 2 aliphatic rings. The highest BCUT2D eigenvalue weighted by Crippen LogP contribution is 2.32. The predicted octanol–water partition coefficient (Wildman–Crippen LogP) is 4.10. The van der Waals surface area contributed by atoms with E-state index in [0.29, 0.717) is 29.7 Å². The largest absolute Gasteiger partial charge is 0.394 e. The maximum Gasteiger partial charge on any atom is 0.240 e. The molecule has 35 heavy (non-hydrogen) atoms. The SMILES string of the molecule is CC(c1ccc(Cl)cc1Cl)n1cnc2ccc(N3CCN(C(=O)C4CCCCN4)[C@H](CO)C3)cc21. The molecule has 2 aromatic carbocycles. The van der Waals surface area contributed by atoms with Gasteiger partial charge in [0, 0.05) is 35.4 Å². The van der Waals surface area contributed by atoms with Crippen LogP contribution in [0.5, 0.6) is 0 Å². The maximum atomic E-state index is 13.1. The zero-order valence-electron chi connectivity index (χ0n) is 19.8.